The number of fused-ring (bicyclic) bond motifs is 2. The number of carboxylic acids is 1. The maximum Gasteiger partial charge on any atom is 0.320 e. The van der Waals surface area contributed by atoms with Crippen LogP contribution < -0.4 is 5.32 Å². The van der Waals surface area contributed by atoms with Crippen molar-refractivity contribution >= 4 is 28.9 Å². The highest BCUT2D eigenvalue weighted by Gasteiger charge is 2.33. The number of pyridine rings is 2. The van der Waals surface area contributed by atoms with Gasteiger partial charge in [-0.15, -0.1) is 0 Å². The molecule has 2 aliphatic heterocycles. The van der Waals surface area contributed by atoms with Crippen molar-refractivity contribution in [2.45, 2.75) is 31.6 Å². The third-order valence-electron chi connectivity index (χ3n) is 6.42. The number of hydrogen-bond acceptors (Lipinski definition) is 6. The highest BCUT2D eigenvalue weighted by Crippen LogP contribution is 2.24. The molecule has 0 aromatic carbocycles. The Bertz CT molecular complexity index is 1180. The second kappa shape index (κ2) is 9.09. The number of amides is 2. The van der Waals surface area contributed by atoms with Gasteiger partial charge in [0.2, 0.25) is 0 Å². The first-order valence-corrected chi connectivity index (χ1v) is 11.4. The fourth-order valence-electron chi connectivity index (χ4n) is 4.57. The van der Waals surface area contributed by atoms with Gasteiger partial charge in [0.25, 0.3) is 0 Å². The predicted molar refractivity (Wildman–Crippen MR) is 122 cm³/mol. The molecule has 1 atom stereocenters. The lowest BCUT2D eigenvalue weighted by Gasteiger charge is -2.22. The van der Waals surface area contributed by atoms with Gasteiger partial charge in [-0.05, 0) is 48.9 Å². The van der Waals surface area contributed by atoms with E-state index in [0.717, 1.165) is 43.7 Å². The summed E-state index contributed by atoms with van der Waals surface area (Å²) in [5, 5.41) is 13.1. The molecule has 3 aromatic rings. The van der Waals surface area contributed by atoms with E-state index in [9.17, 15) is 14.7 Å². The van der Waals surface area contributed by atoms with Gasteiger partial charge in [-0.25, -0.2) is 9.78 Å². The molecule has 0 bridgehead atoms. The lowest BCUT2D eigenvalue weighted by molar-refractivity contribution is -0.139. The van der Waals surface area contributed by atoms with E-state index in [1.165, 1.54) is 11.8 Å². The highest BCUT2D eigenvalue weighted by molar-refractivity contribution is 5.81. The van der Waals surface area contributed by atoms with E-state index in [1.54, 1.807) is 28.1 Å². The number of aliphatic carboxylic acids is 1. The number of furan rings is 1. The Balaban J connectivity index is 1.17. The molecule has 5 rings (SSSR count). The van der Waals surface area contributed by atoms with Crippen molar-refractivity contribution in [1.82, 2.24) is 19.8 Å². The molecule has 5 heterocycles. The van der Waals surface area contributed by atoms with E-state index in [2.05, 4.69) is 22.4 Å². The molecule has 3 aromatic heterocycles. The number of nitrogens with one attached hydrogen (secondary N) is 1. The van der Waals surface area contributed by atoms with Crippen LogP contribution in [0.5, 0.6) is 0 Å². The van der Waals surface area contributed by atoms with Crippen LogP contribution in [-0.2, 0) is 17.6 Å². The summed E-state index contributed by atoms with van der Waals surface area (Å²) >= 11 is 0. The second-order valence-electron chi connectivity index (χ2n) is 8.62. The van der Waals surface area contributed by atoms with E-state index in [-0.39, 0.29) is 12.6 Å². The second-order valence-corrected chi connectivity index (χ2v) is 8.62. The Morgan fingerprint density at radius 3 is 3.00 bits per heavy atom. The van der Waals surface area contributed by atoms with Gasteiger partial charge in [0, 0.05) is 50.7 Å². The van der Waals surface area contributed by atoms with E-state index in [1.807, 2.05) is 0 Å². The molecule has 1 saturated heterocycles. The number of urea groups is 1. The zero-order valence-electron chi connectivity index (χ0n) is 18.4. The molecule has 0 unspecified atom stereocenters. The molecule has 2 N–H and O–H groups in total. The van der Waals surface area contributed by atoms with Gasteiger partial charge >= 0.3 is 12.0 Å². The van der Waals surface area contributed by atoms with Gasteiger partial charge in [0.15, 0.2) is 5.58 Å². The first-order valence-electron chi connectivity index (χ1n) is 11.4. The van der Waals surface area contributed by atoms with Crippen LogP contribution >= 0.6 is 0 Å². The van der Waals surface area contributed by atoms with Crippen molar-refractivity contribution in [2.24, 2.45) is 0 Å². The van der Waals surface area contributed by atoms with Gasteiger partial charge in [-0.3, -0.25) is 9.78 Å². The number of carbonyl (C=O) groups is 2. The Morgan fingerprint density at radius 2 is 2.12 bits per heavy atom. The summed E-state index contributed by atoms with van der Waals surface area (Å²) in [6, 6.07) is 7.53. The van der Waals surface area contributed by atoms with Crippen LogP contribution in [0.1, 0.15) is 35.6 Å². The van der Waals surface area contributed by atoms with Crippen molar-refractivity contribution in [3.05, 3.63) is 53.5 Å². The first kappa shape index (κ1) is 21.2. The molecule has 0 saturated carbocycles. The summed E-state index contributed by atoms with van der Waals surface area (Å²) < 4.78 is 5.35. The fourth-order valence-corrected chi connectivity index (χ4v) is 4.57. The highest BCUT2D eigenvalue weighted by atomic mass is 16.4. The molecule has 1 fully saturated rings. The van der Waals surface area contributed by atoms with Gasteiger partial charge < -0.3 is 24.6 Å². The third kappa shape index (κ3) is 4.48. The van der Waals surface area contributed by atoms with Gasteiger partial charge in [0.1, 0.15) is 17.3 Å². The number of anilines is 1. The average Bonchev–Trinajstić information content (AvgIpc) is 3.43. The standard InChI is InChI=1S/C24H27N5O4/c30-23(31)19(17-13-21-20(26-14-17)7-12-33-21)15-29-11-10-28(24(29)32)9-2-4-18-6-5-16-3-1-8-25-22(16)27-18/h5-7,12-14,19H,1-4,8-11,15H2,(H,25,27)(H,30,31)/t19-/m0/s1. The number of nitrogens with zero attached hydrogens (tertiary/aromatic N) is 4. The molecular formula is C24H27N5O4. The summed E-state index contributed by atoms with van der Waals surface area (Å²) in [7, 11) is 0. The zero-order valence-corrected chi connectivity index (χ0v) is 18.4. The number of aryl methyl sites for hydroxylation is 2. The Hall–Kier alpha value is -3.62. The molecule has 0 radical (unpaired) electrons. The first-order chi connectivity index (χ1) is 16.1. The largest absolute Gasteiger partial charge is 0.481 e. The van der Waals surface area contributed by atoms with Gasteiger partial charge in [-0.2, -0.15) is 0 Å². The van der Waals surface area contributed by atoms with Crippen molar-refractivity contribution < 1.29 is 19.1 Å². The molecule has 33 heavy (non-hydrogen) atoms. The van der Waals surface area contributed by atoms with E-state index >= 15 is 0 Å². The quantitative estimate of drug-likeness (QED) is 0.543. The van der Waals surface area contributed by atoms with Crippen molar-refractivity contribution in [3.63, 3.8) is 0 Å². The predicted octanol–water partition coefficient (Wildman–Crippen LogP) is 3.12. The summed E-state index contributed by atoms with van der Waals surface area (Å²) in [6.07, 6.45) is 6.89. The molecule has 0 spiro atoms. The minimum absolute atomic E-state index is 0.108. The molecule has 0 aliphatic carbocycles. The number of aromatic nitrogens is 2. The lowest BCUT2D eigenvalue weighted by atomic mass is 10.0. The van der Waals surface area contributed by atoms with Crippen molar-refractivity contribution in [3.8, 4) is 0 Å². The zero-order chi connectivity index (χ0) is 22.8. The molecule has 2 aliphatic rings. The fraction of sp³-hybridized carbons (Fsp3) is 0.417. The normalized spacial score (nSPS) is 16.7. The number of rotatable bonds is 8. The Labute approximate surface area is 191 Å². The SMILES string of the molecule is O=C(O)[C@@H](CN1CCN(CCCc2ccc3c(n2)NCCC3)C1=O)c1cnc2ccoc2c1. The average molecular weight is 450 g/mol. The maximum absolute atomic E-state index is 12.9. The van der Waals surface area contributed by atoms with Crippen LogP contribution in [-0.4, -0.2) is 69.6 Å². The van der Waals surface area contributed by atoms with Crippen LogP contribution in [0.4, 0.5) is 10.6 Å². The van der Waals surface area contributed by atoms with Gasteiger partial charge in [0.05, 0.1) is 6.26 Å². The number of hydrogen-bond donors (Lipinski definition) is 2. The van der Waals surface area contributed by atoms with Gasteiger partial charge in [-0.1, -0.05) is 6.07 Å². The van der Waals surface area contributed by atoms with Crippen LogP contribution in [0.25, 0.3) is 11.1 Å². The molecule has 9 nitrogen and oxygen atoms in total. The smallest absolute Gasteiger partial charge is 0.320 e. The maximum atomic E-state index is 12.9. The Morgan fingerprint density at radius 1 is 1.24 bits per heavy atom. The summed E-state index contributed by atoms with van der Waals surface area (Å²) in [5.74, 6) is -0.853. The Kier molecular flexibility index (Phi) is 5.85. The third-order valence-corrected chi connectivity index (χ3v) is 6.42. The molecule has 172 valence electrons. The van der Waals surface area contributed by atoms with E-state index in [4.69, 9.17) is 9.40 Å². The lowest BCUT2D eigenvalue weighted by Crippen LogP contribution is -2.36. The molecule has 9 heteroatoms. The van der Waals surface area contributed by atoms with Crippen molar-refractivity contribution in [1.29, 1.82) is 0 Å². The van der Waals surface area contributed by atoms with Crippen LogP contribution in [0.2, 0.25) is 0 Å². The number of carboxylic acid groups (broad SMARTS) is 1. The van der Waals surface area contributed by atoms with E-state index < -0.39 is 11.9 Å². The summed E-state index contributed by atoms with van der Waals surface area (Å²) in [5.41, 5.74) is 4.04. The number of carbonyl (C=O) groups excluding carboxylic acids is 1. The minimum Gasteiger partial charge on any atom is -0.481 e. The summed E-state index contributed by atoms with van der Waals surface area (Å²) in [6.45, 7) is 2.81. The molecule has 2 amide bonds. The van der Waals surface area contributed by atoms with Crippen molar-refractivity contribution in [2.75, 3.05) is 38.0 Å². The minimum atomic E-state index is -0.985. The summed E-state index contributed by atoms with van der Waals surface area (Å²) in [4.78, 5) is 37.3. The monoisotopic (exact) mass is 449 g/mol. The van der Waals surface area contributed by atoms with Crippen LogP contribution in [0, 0.1) is 0 Å². The molecular weight excluding hydrogens is 422 g/mol. The van der Waals surface area contributed by atoms with Crippen LogP contribution in [0.15, 0.2) is 41.1 Å². The van der Waals surface area contributed by atoms with Crippen LogP contribution in [0.3, 0.4) is 0 Å². The topological polar surface area (TPSA) is 112 Å². The van der Waals surface area contributed by atoms with E-state index in [0.29, 0.717) is 36.3 Å².